The Morgan fingerprint density at radius 1 is 1.07 bits per heavy atom. The number of hydrogen-bond acceptors (Lipinski definition) is 0. The van der Waals surface area contributed by atoms with E-state index < -0.39 is 0 Å². The van der Waals surface area contributed by atoms with E-state index in [1.165, 1.54) is 30.4 Å². The first-order valence-electron chi connectivity index (χ1n) is 6.09. The summed E-state index contributed by atoms with van der Waals surface area (Å²) in [7, 11) is 0. The molecule has 0 spiro atoms. The first-order chi connectivity index (χ1) is 7.11. The Labute approximate surface area is 95.8 Å². The summed E-state index contributed by atoms with van der Waals surface area (Å²) in [5, 5.41) is 0. The Hall–Kier alpha value is -0.780. The molecule has 1 aliphatic carbocycles. The SMILES string of the molecule is C1CC1.C\C=C/C(=C\C(C)=C/C)C(C)C. The first kappa shape index (κ1) is 14.2. The fourth-order valence-corrected chi connectivity index (χ4v) is 0.946. The summed E-state index contributed by atoms with van der Waals surface area (Å²) in [5.41, 5.74) is 2.73. The molecule has 0 atom stereocenters. The standard InChI is InChI=1S/C12H20.C3H6/c1-6-8-12(10(3)4)9-11(5)7-2;1-2-3-1/h6-10H,1-5H3;1-3H2/b8-6-,11-7-,12-9+;. The zero-order valence-corrected chi connectivity index (χ0v) is 11.0. The van der Waals surface area contributed by atoms with E-state index in [-0.39, 0.29) is 0 Å². The fraction of sp³-hybridized carbons (Fsp3) is 0.600. The van der Waals surface area contributed by atoms with Crippen LogP contribution < -0.4 is 0 Å². The van der Waals surface area contributed by atoms with Crippen molar-refractivity contribution in [2.24, 2.45) is 5.92 Å². The third-order valence-corrected chi connectivity index (χ3v) is 2.23. The van der Waals surface area contributed by atoms with Gasteiger partial charge in [0, 0.05) is 0 Å². The van der Waals surface area contributed by atoms with Crippen LogP contribution in [0.15, 0.2) is 35.5 Å². The van der Waals surface area contributed by atoms with Crippen LogP contribution in [0.2, 0.25) is 0 Å². The van der Waals surface area contributed by atoms with E-state index in [9.17, 15) is 0 Å². The molecule has 0 bridgehead atoms. The van der Waals surface area contributed by atoms with Gasteiger partial charge in [-0.25, -0.2) is 0 Å². The fourth-order valence-electron chi connectivity index (χ4n) is 0.946. The Balaban J connectivity index is 0.000000548. The molecule has 1 rings (SSSR count). The third kappa shape index (κ3) is 9.52. The molecule has 15 heavy (non-hydrogen) atoms. The Kier molecular flexibility index (Phi) is 8.08. The maximum absolute atomic E-state index is 2.24. The van der Waals surface area contributed by atoms with E-state index in [0.717, 1.165) is 0 Å². The van der Waals surface area contributed by atoms with Crippen molar-refractivity contribution in [3.8, 4) is 0 Å². The van der Waals surface area contributed by atoms with E-state index in [1.54, 1.807) is 0 Å². The van der Waals surface area contributed by atoms with Gasteiger partial charge in [-0.2, -0.15) is 0 Å². The maximum atomic E-state index is 2.24. The molecule has 0 aliphatic heterocycles. The van der Waals surface area contributed by atoms with Crippen molar-refractivity contribution >= 4 is 0 Å². The van der Waals surface area contributed by atoms with Gasteiger partial charge in [-0.3, -0.25) is 0 Å². The Morgan fingerprint density at radius 3 is 1.87 bits per heavy atom. The maximum Gasteiger partial charge on any atom is -0.0219 e. The van der Waals surface area contributed by atoms with Crippen LogP contribution in [0.4, 0.5) is 0 Å². The van der Waals surface area contributed by atoms with Crippen LogP contribution in [-0.4, -0.2) is 0 Å². The monoisotopic (exact) mass is 206 g/mol. The second-order valence-electron chi connectivity index (χ2n) is 4.39. The van der Waals surface area contributed by atoms with E-state index >= 15 is 0 Å². The lowest BCUT2D eigenvalue weighted by molar-refractivity contribution is 0.790. The summed E-state index contributed by atoms with van der Waals surface area (Å²) in [4.78, 5) is 0. The van der Waals surface area contributed by atoms with Crippen LogP contribution in [0.5, 0.6) is 0 Å². The van der Waals surface area contributed by atoms with Gasteiger partial charge in [-0.05, 0) is 32.3 Å². The molecule has 0 aromatic carbocycles. The molecule has 86 valence electrons. The van der Waals surface area contributed by atoms with Crippen LogP contribution in [-0.2, 0) is 0 Å². The van der Waals surface area contributed by atoms with Gasteiger partial charge >= 0.3 is 0 Å². The predicted molar refractivity (Wildman–Crippen MR) is 71.0 cm³/mol. The van der Waals surface area contributed by atoms with Crippen molar-refractivity contribution < 1.29 is 0 Å². The molecule has 0 amide bonds. The molecular weight excluding hydrogens is 180 g/mol. The summed E-state index contributed by atoms with van der Waals surface area (Å²) < 4.78 is 0. The van der Waals surface area contributed by atoms with Crippen LogP contribution in [0.25, 0.3) is 0 Å². The number of allylic oxidation sites excluding steroid dienone is 6. The predicted octanol–water partition coefficient (Wildman–Crippen LogP) is 5.28. The second-order valence-corrected chi connectivity index (χ2v) is 4.39. The molecular formula is C15H26. The lowest BCUT2D eigenvalue weighted by Crippen LogP contribution is -1.90. The molecule has 0 nitrogen and oxygen atoms in total. The summed E-state index contributed by atoms with van der Waals surface area (Å²) in [6, 6.07) is 0. The normalized spacial score (nSPS) is 16.7. The molecule has 0 aromatic rings. The second kappa shape index (κ2) is 8.52. The molecule has 1 saturated carbocycles. The topological polar surface area (TPSA) is 0 Å². The smallest absolute Gasteiger partial charge is 0.0219 e. The van der Waals surface area contributed by atoms with E-state index in [0.29, 0.717) is 5.92 Å². The molecule has 0 heterocycles. The lowest BCUT2D eigenvalue weighted by Gasteiger charge is -2.06. The van der Waals surface area contributed by atoms with Crippen LogP contribution >= 0.6 is 0 Å². The van der Waals surface area contributed by atoms with E-state index in [1.807, 2.05) is 0 Å². The molecule has 0 N–H and O–H groups in total. The molecule has 0 saturated heterocycles. The zero-order valence-electron chi connectivity index (χ0n) is 11.0. The van der Waals surface area contributed by atoms with Gasteiger partial charge in [0.05, 0.1) is 0 Å². The highest BCUT2D eigenvalue weighted by Crippen LogP contribution is 2.15. The van der Waals surface area contributed by atoms with E-state index in [4.69, 9.17) is 0 Å². The highest BCUT2D eigenvalue weighted by molar-refractivity contribution is 5.29. The van der Waals surface area contributed by atoms with Crippen molar-refractivity contribution in [1.29, 1.82) is 0 Å². The van der Waals surface area contributed by atoms with Gasteiger partial charge in [-0.1, -0.05) is 63.0 Å². The lowest BCUT2D eigenvalue weighted by atomic mass is 10.0. The molecule has 1 fully saturated rings. The van der Waals surface area contributed by atoms with Crippen LogP contribution in [0.1, 0.15) is 53.9 Å². The molecule has 1 aliphatic rings. The van der Waals surface area contributed by atoms with Gasteiger partial charge < -0.3 is 0 Å². The minimum absolute atomic E-state index is 0.607. The largest absolute Gasteiger partial charge is 0.0874 e. The first-order valence-corrected chi connectivity index (χ1v) is 6.09. The van der Waals surface area contributed by atoms with Gasteiger partial charge in [0.25, 0.3) is 0 Å². The average molecular weight is 206 g/mol. The Morgan fingerprint density at radius 2 is 1.60 bits per heavy atom. The molecule has 0 unspecified atom stereocenters. The molecule has 0 radical (unpaired) electrons. The van der Waals surface area contributed by atoms with Crippen molar-refractivity contribution in [3.63, 3.8) is 0 Å². The number of hydrogen-bond donors (Lipinski definition) is 0. The van der Waals surface area contributed by atoms with Crippen molar-refractivity contribution in [2.45, 2.75) is 53.9 Å². The van der Waals surface area contributed by atoms with Gasteiger partial charge in [-0.15, -0.1) is 0 Å². The van der Waals surface area contributed by atoms with Crippen molar-refractivity contribution in [1.82, 2.24) is 0 Å². The molecule has 0 heteroatoms. The van der Waals surface area contributed by atoms with Crippen LogP contribution in [0, 0.1) is 5.92 Å². The molecule has 0 aromatic heterocycles. The van der Waals surface area contributed by atoms with Crippen LogP contribution in [0.3, 0.4) is 0 Å². The average Bonchev–Trinajstić information content (AvgIpc) is 3.03. The zero-order chi connectivity index (χ0) is 11.7. The Bertz CT molecular complexity index is 234. The van der Waals surface area contributed by atoms with E-state index in [2.05, 4.69) is 58.9 Å². The summed E-state index contributed by atoms with van der Waals surface area (Å²) in [5.74, 6) is 0.607. The summed E-state index contributed by atoms with van der Waals surface area (Å²) in [6.07, 6.45) is 13.1. The highest BCUT2D eigenvalue weighted by atomic mass is 14.0. The minimum atomic E-state index is 0.607. The summed E-state index contributed by atoms with van der Waals surface area (Å²) >= 11 is 0. The number of rotatable bonds is 3. The quantitative estimate of drug-likeness (QED) is 0.551. The minimum Gasteiger partial charge on any atom is -0.0874 e. The van der Waals surface area contributed by atoms with Gasteiger partial charge in [0.1, 0.15) is 0 Å². The van der Waals surface area contributed by atoms with Gasteiger partial charge in [0.2, 0.25) is 0 Å². The third-order valence-electron chi connectivity index (χ3n) is 2.23. The van der Waals surface area contributed by atoms with Crippen molar-refractivity contribution in [2.75, 3.05) is 0 Å². The van der Waals surface area contributed by atoms with Gasteiger partial charge in [0.15, 0.2) is 0 Å². The summed E-state index contributed by atoms with van der Waals surface area (Å²) in [6.45, 7) is 10.7. The highest BCUT2D eigenvalue weighted by Gasteiger charge is 1.97. The van der Waals surface area contributed by atoms with Crippen molar-refractivity contribution in [3.05, 3.63) is 35.5 Å².